The molecule has 22 heavy (non-hydrogen) atoms. The molecule has 3 heterocycles. The molecule has 0 saturated carbocycles. The first kappa shape index (κ1) is 16.3. The number of likely N-dealkylation sites (tertiary alicyclic amines) is 2. The number of amides is 1. The topological polar surface area (TPSA) is 32.8 Å². The van der Waals surface area contributed by atoms with E-state index in [1.165, 1.54) is 51.6 Å². The van der Waals surface area contributed by atoms with Crippen LogP contribution in [0.3, 0.4) is 0 Å². The predicted molar refractivity (Wildman–Crippen MR) is 87.8 cm³/mol. The van der Waals surface area contributed by atoms with E-state index in [0.717, 1.165) is 39.1 Å². The van der Waals surface area contributed by atoms with Crippen molar-refractivity contribution >= 4 is 5.91 Å². The van der Waals surface area contributed by atoms with Gasteiger partial charge >= 0.3 is 0 Å². The Morgan fingerprint density at radius 2 is 1.68 bits per heavy atom. The number of rotatable bonds is 3. The van der Waals surface area contributed by atoms with E-state index in [9.17, 15) is 4.79 Å². The van der Waals surface area contributed by atoms with Gasteiger partial charge in [0.2, 0.25) is 5.91 Å². The SMILES string of the molecule is CCCC(=O)N1CCC(N2CCC3(CCOCC3)CC2)CC1. The van der Waals surface area contributed by atoms with Crippen molar-refractivity contribution in [2.24, 2.45) is 5.41 Å². The summed E-state index contributed by atoms with van der Waals surface area (Å²) >= 11 is 0. The third-order valence-corrected chi connectivity index (χ3v) is 6.21. The number of hydrogen-bond donors (Lipinski definition) is 0. The number of hydrogen-bond acceptors (Lipinski definition) is 3. The number of carbonyl (C=O) groups is 1. The molecule has 4 nitrogen and oxygen atoms in total. The number of carbonyl (C=O) groups excluding carboxylic acids is 1. The molecular formula is C18H32N2O2. The molecule has 126 valence electrons. The molecule has 0 bridgehead atoms. The van der Waals surface area contributed by atoms with Crippen LogP contribution in [0, 0.1) is 5.41 Å². The third-order valence-electron chi connectivity index (χ3n) is 6.21. The van der Waals surface area contributed by atoms with Gasteiger partial charge in [0.05, 0.1) is 0 Å². The third kappa shape index (κ3) is 3.65. The summed E-state index contributed by atoms with van der Waals surface area (Å²) in [6.45, 7) is 8.49. The van der Waals surface area contributed by atoms with Gasteiger partial charge in [-0.1, -0.05) is 6.92 Å². The second kappa shape index (κ2) is 7.31. The molecule has 3 fully saturated rings. The standard InChI is InChI=1S/C18H32N2O2/c1-2-3-17(21)20-10-4-16(5-11-20)19-12-6-18(7-13-19)8-14-22-15-9-18/h16H,2-15H2,1H3. The highest BCUT2D eigenvalue weighted by Crippen LogP contribution is 2.41. The number of nitrogens with zero attached hydrogens (tertiary/aromatic N) is 2. The maximum absolute atomic E-state index is 12.0. The van der Waals surface area contributed by atoms with Gasteiger partial charge in [0.15, 0.2) is 0 Å². The minimum atomic E-state index is 0.362. The van der Waals surface area contributed by atoms with Gasteiger partial charge in [-0.25, -0.2) is 0 Å². The van der Waals surface area contributed by atoms with Crippen molar-refractivity contribution in [3.8, 4) is 0 Å². The molecule has 1 amide bonds. The fourth-order valence-electron chi connectivity index (χ4n) is 4.52. The first-order valence-corrected chi connectivity index (χ1v) is 9.32. The molecule has 3 aliphatic heterocycles. The van der Waals surface area contributed by atoms with Crippen LogP contribution in [0.4, 0.5) is 0 Å². The van der Waals surface area contributed by atoms with Crippen LogP contribution in [-0.2, 0) is 9.53 Å². The molecule has 1 spiro atoms. The molecular weight excluding hydrogens is 276 g/mol. The highest BCUT2D eigenvalue weighted by Gasteiger charge is 2.38. The van der Waals surface area contributed by atoms with Crippen molar-refractivity contribution in [2.75, 3.05) is 39.4 Å². The van der Waals surface area contributed by atoms with Gasteiger partial charge < -0.3 is 14.5 Å². The highest BCUT2D eigenvalue weighted by atomic mass is 16.5. The van der Waals surface area contributed by atoms with E-state index in [4.69, 9.17) is 4.74 Å². The second-order valence-corrected chi connectivity index (χ2v) is 7.51. The van der Waals surface area contributed by atoms with Crippen LogP contribution in [0.1, 0.15) is 58.3 Å². The zero-order valence-electron chi connectivity index (χ0n) is 14.2. The quantitative estimate of drug-likeness (QED) is 0.803. The fraction of sp³-hybridized carbons (Fsp3) is 0.944. The fourth-order valence-corrected chi connectivity index (χ4v) is 4.52. The summed E-state index contributed by atoms with van der Waals surface area (Å²) in [7, 11) is 0. The van der Waals surface area contributed by atoms with Gasteiger partial charge in [-0.15, -0.1) is 0 Å². The van der Waals surface area contributed by atoms with Crippen molar-refractivity contribution in [3.05, 3.63) is 0 Å². The van der Waals surface area contributed by atoms with E-state index in [1.807, 2.05) is 0 Å². The summed E-state index contributed by atoms with van der Waals surface area (Å²) in [4.78, 5) is 16.8. The Morgan fingerprint density at radius 3 is 2.27 bits per heavy atom. The molecule has 0 radical (unpaired) electrons. The van der Waals surface area contributed by atoms with E-state index in [2.05, 4.69) is 16.7 Å². The second-order valence-electron chi connectivity index (χ2n) is 7.51. The van der Waals surface area contributed by atoms with Gasteiger partial charge in [0.1, 0.15) is 0 Å². The number of piperidine rings is 2. The Balaban J connectivity index is 1.44. The summed E-state index contributed by atoms with van der Waals surface area (Å²) in [5.41, 5.74) is 0.590. The van der Waals surface area contributed by atoms with E-state index in [-0.39, 0.29) is 0 Å². The Labute approximate surface area is 135 Å². The highest BCUT2D eigenvalue weighted by molar-refractivity contribution is 5.76. The average molecular weight is 308 g/mol. The molecule has 0 aromatic rings. The van der Waals surface area contributed by atoms with E-state index < -0.39 is 0 Å². The van der Waals surface area contributed by atoms with E-state index >= 15 is 0 Å². The Morgan fingerprint density at radius 1 is 1.05 bits per heavy atom. The molecule has 0 N–H and O–H groups in total. The first-order valence-electron chi connectivity index (χ1n) is 9.32. The van der Waals surface area contributed by atoms with Crippen LogP contribution < -0.4 is 0 Å². The first-order chi connectivity index (χ1) is 10.7. The summed E-state index contributed by atoms with van der Waals surface area (Å²) in [5, 5.41) is 0. The lowest BCUT2D eigenvalue weighted by Crippen LogP contribution is -2.51. The van der Waals surface area contributed by atoms with Crippen LogP contribution in [0.2, 0.25) is 0 Å². The molecule has 3 saturated heterocycles. The largest absolute Gasteiger partial charge is 0.381 e. The molecule has 3 rings (SSSR count). The lowest BCUT2D eigenvalue weighted by molar-refractivity contribution is -0.133. The van der Waals surface area contributed by atoms with Crippen molar-refractivity contribution < 1.29 is 9.53 Å². The monoisotopic (exact) mass is 308 g/mol. The van der Waals surface area contributed by atoms with Crippen molar-refractivity contribution in [3.63, 3.8) is 0 Å². The maximum Gasteiger partial charge on any atom is 0.222 e. The van der Waals surface area contributed by atoms with Crippen LogP contribution >= 0.6 is 0 Å². The minimum Gasteiger partial charge on any atom is -0.381 e. The van der Waals surface area contributed by atoms with Crippen molar-refractivity contribution in [2.45, 2.75) is 64.3 Å². The van der Waals surface area contributed by atoms with Crippen LogP contribution in [0.25, 0.3) is 0 Å². The van der Waals surface area contributed by atoms with Gasteiger partial charge in [0.25, 0.3) is 0 Å². The summed E-state index contributed by atoms with van der Waals surface area (Å²) < 4.78 is 5.54. The minimum absolute atomic E-state index is 0.362. The molecule has 3 aliphatic rings. The lowest BCUT2D eigenvalue weighted by Gasteiger charge is -2.47. The molecule has 0 aromatic carbocycles. The van der Waals surface area contributed by atoms with Crippen LogP contribution in [-0.4, -0.2) is 61.1 Å². The Kier molecular flexibility index (Phi) is 5.40. The van der Waals surface area contributed by atoms with Crippen LogP contribution in [0.5, 0.6) is 0 Å². The summed E-state index contributed by atoms with van der Waals surface area (Å²) in [6.07, 6.45) is 9.28. The molecule has 4 heteroatoms. The maximum atomic E-state index is 12.0. The van der Waals surface area contributed by atoms with E-state index in [1.54, 1.807) is 0 Å². The smallest absolute Gasteiger partial charge is 0.222 e. The van der Waals surface area contributed by atoms with Crippen molar-refractivity contribution in [1.29, 1.82) is 0 Å². The summed E-state index contributed by atoms with van der Waals surface area (Å²) in [5.74, 6) is 0.362. The van der Waals surface area contributed by atoms with E-state index in [0.29, 0.717) is 17.4 Å². The average Bonchev–Trinajstić information content (AvgIpc) is 2.57. The zero-order valence-corrected chi connectivity index (χ0v) is 14.2. The lowest BCUT2D eigenvalue weighted by atomic mass is 9.72. The Bertz CT molecular complexity index is 361. The molecule has 0 aliphatic carbocycles. The molecule has 0 unspecified atom stereocenters. The predicted octanol–water partition coefficient (Wildman–Crippen LogP) is 2.67. The van der Waals surface area contributed by atoms with Crippen molar-refractivity contribution in [1.82, 2.24) is 9.80 Å². The van der Waals surface area contributed by atoms with Gasteiger partial charge in [-0.2, -0.15) is 0 Å². The van der Waals surface area contributed by atoms with Gasteiger partial charge in [0, 0.05) is 38.8 Å². The summed E-state index contributed by atoms with van der Waals surface area (Å²) in [6, 6.07) is 0.711. The molecule has 0 aromatic heterocycles. The van der Waals surface area contributed by atoms with Crippen LogP contribution in [0.15, 0.2) is 0 Å². The molecule has 0 atom stereocenters. The Hall–Kier alpha value is -0.610. The number of ether oxygens (including phenoxy) is 1. The normalized spacial score (nSPS) is 27.2. The van der Waals surface area contributed by atoms with Gasteiger partial charge in [-0.3, -0.25) is 4.79 Å². The van der Waals surface area contributed by atoms with Gasteiger partial charge in [-0.05, 0) is 63.5 Å². The zero-order chi connectivity index (χ0) is 15.4.